The summed E-state index contributed by atoms with van der Waals surface area (Å²) < 4.78 is 18.5. The molecule has 0 saturated heterocycles. The van der Waals surface area contributed by atoms with E-state index < -0.39 is 0 Å². The normalized spacial score (nSPS) is 10.8. The number of rotatable bonds is 2. The Morgan fingerprint density at radius 2 is 1.95 bits per heavy atom. The molecule has 2 aromatic carbocycles. The second kappa shape index (κ2) is 5.22. The van der Waals surface area contributed by atoms with Crippen molar-refractivity contribution in [3.8, 4) is 22.4 Å². The molecule has 5 heteroatoms. The number of halogens is 2. The van der Waals surface area contributed by atoms with Gasteiger partial charge >= 0.3 is 0 Å². The van der Waals surface area contributed by atoms with E-state index in [0.29, 0.717) is 21.8 Å². The third kappa shape index (κ3) is 2.50. The van der Waals surface area contributed by atoms with Crippen LogP contribution in [-0.2, 0) is 0 Å². The SMILES string of the molecule is Cc1cc(-c2noc(N)c2-c2cccc(F)c2)ccc1Cl. The topological polar surface area (TPSA) is 52.0 Å². The van der Waals surface area contributed by atoms with Crippen LogP contribution in [0, 0.1) is 12.7 Å². The zero-order valence-corrected chi connectivity index (χ0v) is 12.0. The average Bonchev–Trinajstić information content (AvgIpc) is 2.84. The quantitative estimate of drug-likeness (QED) is 0.747. The van der Waals surface area contributed by atoms with Gasteiger partial charge in [-0.3, -0.25) is 0 Å². The van der Waals surface area contributed by atoms with Gasteiger partial charge in [0.1, 0.15) is 11.5 Å². The zero-order chi connectivity index (χ0) is 15.0. The van der Waals surface area contributed by atoms with Gasteiger partial charge in [0.25, 0.3) is 0 Å². The zero-order valence-electron chi connectivity index (χ0n) is 11.2. The lowest BCUT2D eigenvalue weighted by molar-refractivity contribution is 0.439. The number of aryl methyl sites for hydroxylation is 1. The fourth-order valence-electron chi connectivity index (χ4n) is 2.21. The summed E-state index contributed by atoms with van der Waals surface area (Å²) in [5, 5.41) is 4.67. The van der Waals surface area contributed by atoms with Gasteiger partial charge in [0.05, 0.1) is 5.56 Å². The molecule has 3 nitrogen and oxygen atoms in total. The number of anilines is 1. The van der Waals surface area contributed by atoms with Crippen LogP contribution in [0.15, 0.2) is 47.0 Å². The summed E-state index contributed by atoms with van der Waals surface area (Å²) in [6.45, 7) is 1.90. The number of nitrogen functional groups attached to an aromatic ring is 1. The number of hydrogen-bond donors (Lipinski definition) is 1. The van der Waals surface area contributed by atoms with Crippen molar-refractivity contribution in [2.24, 2.45) is 0 Å². The Kier molecular flexibility index (Phi) is 3.39. The molecule has 0 aliphatic heterocycles. The highest BCUT2D eigenvalue weighted by Gasteiger charge is 2.18. The van der Waals surface area contributed by atoms with Crippen molar-refractivity contribution < 1.29 is 8.91 Å². The van der Waals surface area contributed by atoms with E-state index in [-0.39, 0.29) is 11.7 Å². The lowest BCUT2D eigenvalue weighted by Crippen LogP contribution is -1.89. The molecule has 0 fully saturated rings. The highest BCUT2D eigenvalue weighted by Crippen LogP contribution is 2.37. The van der Waals surface area contributed by atoms with E-state index in [1.165, 1.54) is 12.1 Å². The molecule has 0 atom stereocenters. The minimum atomic E-state index is -0.341. The van der Waals surface area contributed by atoms with Crippen LogP contribution in [-0.4, -0.2) is 5.16 Å². The molecular weight excluding hydrogens is 291 g/mol. The van der Waals surface area contributed by atoms with Crippen molar-refractivity contribution in [1.82, 2.24) is 5.16 Å². The number of aromatic nitrogens is 1. The summed E-state index contributed by atoms with van der Waals surface area (Å²) in [6.07, 6.45) is 0. The fourth-order valence-corrected chi connectivity index (χ4v) is 2.33. The van der Waals surface area contributed by atoms with Gasteiger partial charge in [0.2, 0.25) is 5.88 Å². The van der Waals surface area contributed by atoms with Crippen molar-refractivity contribution >= 4 is 17.5 Å². The molecule has 0 bridgehead atoms. The Balaban J connectivity index is 2.19. The predicted octanol–water partition coefficient (Wildman–Crippen LogP) is 4.69. The van der Waals surface area contributed by atoms with Crippen molar-refractivity contribution in [3.05, 3.63) is 58.9 Å². The van der Waals surface area contributed by atoms with Crippen LogP contribution in [0.5, 0.6) is 0 Å². The van der Waals surface area contributed by atoms with Crippen LogP contribution in [0.3, 0.4) is 0 Å². The summed E-state index contributed by atoms with van der Waals surface area (Å²) in [5.41, 5.74) is 9.35. The first-order valence-electron chi connectivity index (χ1n) is 6.34. The molecule has 0 unspecified atom stereocenters. The third-order valence-electron chi connectivity index (χ3n) is 3.26. The van der Waals surface area contributed by atoms with Crippen LogP contribution in [0.1, 0.15) is 5.56 Å². The number of hydrogen-bond acceptors (Lipinski definition) is 3. The largest absolute Gasteiger partial charge is 0.367 e. The molecule has 106 valence electrons. The van der Waals surface area contributed by atoms with Gasteiger partial charge < -0.3 is 10.3 Å². The van der Waals surface area contributed by atoms with Gasteiger partial charge in [0.15, 0.2) is 0 Å². The third-order valence-corrected chi connectivity index (χ3v) is 3.69. The summed E-state index contributed by atoms with van der Waals surface area (Å²) in [5.74, 6) is -0.186. The van der Waals surface area contributed by atoms with E-state index in [4.69, 9.17) is 21.9 Å². The number of nitrogens with two attached hydrogens (primary N) is 1. The molecule has 2 N–H and O–H groups in total. The first-order valence-corrected chi connectivity index (χ1v) is 6.71. The maximum absolute atomic E-state index is 13.4. The summed E-state index contributed by atoms with van der Waals surface area (Å²) in [7, 11) is 0. The van der Waals surface area contributed by atoms with Crippen molar-refractivity contribution in [1.29, 1.82) is 0 Å². The average molecular weight is 303 g/mol. The molecular formula is C16H12ClFN2O. The van der Waals surface area contributed by atoms with Gasteiger partial charge in [-0.15, -0.1) is 0 Å². The maximum Gasteiger partial charge on any atom is 0.230 e. The minimum Gasteiger partial charge on any atom is -0.367 e. The highest BCUT2D eigenvalue weighted by molar-refractivity contribution is 6.31. The monoisotopic (exact) mass is 302 g/mol. The molecule has 1 aromatic heterocycles. The van der Waals surface area contributed by atoms with Crippen molar-refractivity contribution in [3.63, 3.8) is 0 Å². The van der Waals surface area contributed by atoms with Crippen LogP contribution in [0.4, 0.5) is 10.3 Å². The van der Waals surface area contributed by atoms with Gasteiger partial charge in [-0.05, 0) is 42.3 Å². The molecule has 21 heavy (non-hydrogen) atoms. The van der Waals surface area contributed by atoms with E-state index in [2.05, 4.69) is 5.16 Å². The van der Waals surface area contributed by atoms with Gasteiger partial charge in [-0.2, -0.15) is 0 Å². The fraction of sp³-hybridized carbons (Fsp3) is 0.0625. The highest BCUT2D eigenvalue weighted by atomic mass is 35.5. The molecule has 3 rings (SSSR count). The molecule has 0 amide bonds. The first-order chi connectivity index (χ1) is 10.1. The molecule has 0 saturated carbocycles. The standard InChI is InChI=1S/C16H12ClFN2O/c1-9-7-11(5-6-13(9)17)15-14(16(19)21-20-15)10-3-2-4-12(18)8-10/h2-8H,19H2,1H3. The number of benzene rings is 2. The van der Waals surface area contributed by atoms with Crippen LogP contribution in [0.25, 0.3) is 22.4 Å². The lowest BCUT2D eigenvalue weighted by atomic mass is 10.00. The lowest BCUT2D eigenvalue weighted by Gasteiger charge is -2.05. The van der Waals surface area contributed by atoms with E-state index in [0.717, 1.165) is 11.1 Å². The number of nitrogens with zero attached hydrogens (tertiary/aromatic N) is 1. The van der Waals surface area contributed by atoms with E-state index in [1.54, 1.807) is 18.2 Å². The molecule has 1 heterocycles. The van der Waals surface area contributed by atoms with Crippen LogP contribution in [0.2, 0.25) is 5.02 Å². The second-order valence-corrected chi connectivity index (χ2v) is 5.15. The second-order valence-electron chi connectivity index (χ2n) is 4.74. The predicted molar refractivity (Wildman–Crippen MR) is 81.5 cm³/mol. The summed E-state index contributed by atoms with van der Waals surface area (Å²) in [4.78, 5) is 0. The van der Waals surface area contributed by atoms with Crippen LogP contribution >= 0.6 is 11.6 Å². The Morgan fingerprint density at radius 3 is 2.67 bits per heavy atom. The van der Waals surface area contributed by atoms with E-state index in [9.17, 15) is 4.39 Å². The summed E-state index contributed by atoms with van der Waals surface area (Å²) in [6, 6.07) is 11.7. The Morgan fingerprint density at radius 1 is 1.14 bits per heavy atom. The Bertz CT molecular complexity index is 814. The van der Waals surface area contributed by atoms with Gasteiger partial charge in [-0.1, -0.05) is 35.0 Å². The van der Waals surface area contributed by atoms with Gasteiger partial charge in [-0.25, -0.2) is 4.39 Å². The maximum atomic E-state index is 13.4. The van der Waals surface area contributed by atoms with E-state index in [1.807, 2.05) is 19.1 Å². The summed E-state index contributed by atoms with van der Waals surface area (Å²) >= 11 is 6.03. The molecule has 0 aliphatic carbocycles. The minimum absolute atomic E-state index is 0.156. The molecule has 3 aromatic rings. The molecule has 0 aliphatic rings. The first kappa shape index (κ1) is 13.6. The van der Waals surface area contributed by atoms with E-state index >= 15 is 0 Å². The Hall–Kier alpha value is -2.33. The van der Waals surface area contributed by atoms with Crippen molar-refractivity contribution in [2.45, 2.75) is 6.92 Å². The van der Waals surface area contributed by atoms with Crippen molar-refractivity contribution in [2.75, 3.05) is 5.73 Å². The molecule has 0 radical (unpaired) electrons. The Labute approximate surface area is 126 Å². The molecule has 0 spiro atoms. The van der Waals surface area contributed by atoms with Crippen LogP contribution < -0.4 is 5.73 Å². The van der Waals surface area contributed by atoms with Gasteiger partial charge in [0, 0.05) is 10.6 Å². The smallest absolute Gasteiger partial charge is 0.230 e.